The minimum Gasteiger partial charge on any atom is -0.478 e. The van der Waals surface area contributed by atoms with Crippen LogP contribution in [0.3, 0.4) is 0 Å². The number of nitrogens with two attached hydrogens (primary N) is 1. The van der Waals surface area contributed by atoms with E-state index < -0.39 is 5.54 Å². The molecule has 5 heteroatoms. The van der Waals surface area contributed by atoms with Crippen LogP contribution in [0.5, 0.6) is 5.88 Å². The predicted molar refractivity (Wildman–Crippen MR) is 84.3 cm³/mol. The Kier molecular flexibility index (Phi) is 5.11. The molecule has 0 saturated carbocycles. The van der Waals surface area contributed by atoms with Crippen molar-refractivity contribution in [2.24, 2.45) is 5.73 Å². The van der Waals surface area contributed by atoms with E-state index in [-0.39, 0.29) is 0 Å². The van der Waals surface area contributed by atoms with Gasteiger partial charge in [-0.1, -0.05) is 37.3 Å². The summed E-state index contributed by atoms with van der Waals surface area (Å²) in [5, 5.41) is 3.31. The number of rotatable bonds is 7. The van der Waals surface area contributed by atoms with Crippen molar-refractivity contribution in [1.82, 2.24) is 9.97 Å². The van der Waals surface area contributed by atoms with Crippen molar-refractivity contribution in [1.29, 1.82) is 0 Å². The maximum absolute atomic E-state index is 5.96. The molecule has 21 heavy (non-hydrogen) atoms. The number of ether oxygens (including phenoxy) is 1. The van der Waals surface area contributed by atoms with E-state index in [4.69, 9.17) is 10.5 Å². The summed E-state index contributed by atoms with van der Waals surface area (Å²) in [5.41, 5.74) is 6.62. The fraction of sp³-hybridized carbons (Fsp3) is 0.375. The van der Waals surface area contributed by atoms with Crippen LogP contribution in [0.15, 0.2) is 42.6 Å². The van der Waals surface area contributed by atoms with E-state index in [1.807, 2.05) is 37.3 Å². The zero-order valence-corrected chi connectivity index (χ0v) is 12.5. The molecule has 1 unspecified atom stereocenters. The average Bonchev–Trinajstić information content (AvgIpc) is 2.54. The summed E-state index contributed by atoms with van der Waals surface area (Å²) in [4.78, 5) is 8.62. The fourth-order valence-corrected chi connectivity index (χ4v) is 1.98. The van der Waals surface area contributed by atoms with Crippen LogP contribution < -0.4 is 15.8 Å². The molecule has 0 aliphatic rings. The van der Waals surface area contributed by atoms with Crippen LogP contribution >= 0.6 is 0 Å². The molecule has 2 aromatic rings. The first kappa shape index (κ1) is 15.3. The third-order valence-electron chi connectivity index (χ3n) is 3.29. The molecule has 0 aliphatic carbocycles. The number of anilines is 1. The van der Waals surface area contributed by atoms with Crippen LogP contribution in [0.1, 0.15) is 25.8 Å². The molecule has 1 atom stereocenters. The Morgan fingerprint density at radius 2 is 2.00 bits per heavy atom. The number of aromatic nitrogens is 2. The van der Waals surface area contributed by atoms with Crippen molar-refractivity contribution in [3.05, 3.63) is 48.2 Å². The summed E-state index contributed by atoms with van der Waals surface area (Å²) >= 11 is 0. The smallest absolute Gasteiger partial charge is 0.226 e. The summed E-state index contributed by atoms with van der Waals surface area (Å²) in [6.07, 6.45) is 2.62. The monoisotopic (exact) mass is 286 g/mol. The third kappa shape index (κ3) is 3.92. The molecule has 5 nitrogen and oxygen atoms in total. The van der Waals surface area contributed by atoms with E-state index in [1.165, 1.54) is 0 Å². The van der Waals surface area contributed by atoms with Crippen LogP contribution in [0.25, 0.3) is 0 Å². The van der Waals surface area contributed by atoms with Gasteiger partial charge in [0.2, 0.25) is 11.8 Å². The second-order valence-corrected chi connectivity index (χ2v) is 5.09. The van der Waals surface area contributed by atoms with Crippen molar-refractivity contribution < 1.29 is 4.74 Å². The lowest BCUT2D eigenvalue weighted by molar-refractivity contribution is 0.305. The summed E-state index contributed by atoms with van der Waals surface area (Å²) in [7, 11) is 0. The van der Waals surface area contributed by atoms with Gasteiger partial charge in [0.1, 0.15) is 0 Å². The molecule has 0 bridgehead atoms. The molecule has 1 aromatic heterocycles. The first-order valence-corrected chi connectivity index (χ1v) is 7.17. The SMILES string of the molecule is CCCOc1ccnc(NC(C)(CN)c2ccccc2)n1. The molecule has 112 valence electrons. The standard InChI is InChI=1S/C16H22N4O/c1-3-11-21-14-9-10-18-15(19-14)20-16(2,12-17)13-7-5-4-6-8-13/h4-10H,3,11-12,17H2,1-2H3,(H,18,19,20). The second-order valence-electron chi connectivity index (χ2n) is 5.09. The van der Waals surface area contributed by atoms with Crippen molar-refractivity contribution in [2.45, 2.75) is 25.8 Å². The molecular weight excluding hydrogens is 264 g/mol. The normalized spacial score (nSPS) is 13.5. The van der Waals surface area contributed by atoms with Gasteiger partial charge in [-0.05, 0) is 18.9 Å². The van der Waals surface area contributed by atoms with Crippen molar-refractivity contribution in [3.63, 3.8) is 0 Å². The first-order chi connectivity index (χ1) is 10.2. The Hall–Kier alpha value is -2.14. The van der Waals surface area contributed by atoms with Crippen LogP contribution in [0.4, 0.5) is 5.95 Å². The molecule has 0 aliphatic heterocycles. The van der Waals surface area contributed by atoms with Gasteiger partial charge in [0.25, 0.3) is 0 Å². The van der Waals surface area contributed by atoms with Crippen LogP contribution in [-0.4, -0.2) is 23.1 Å². The first-order valence-electron chi connectivity index (χ1n) is 7.17. The molecule has 0 spiro atoms. The molecule has 0 saturated heterocycles. The highest BCUT2D eigenvalue weighted by Gasteiger charge is 2.25. The van der Waals surface area contributed by atoms with Gasteiger partial charge in [-0.25, -0.2) is 4.98 Å². The summed E-state index contributed by atoms with van der Waals surface area (Å²) in [5.74, 6) is 1.09. The second kappa shape index (κ2) is 7.04. The number of nitrogens with one attached hydrogen (secondary N) is 1. The number of benzene rings is 1. The lowest BCUT2D eigenvalue weighted by atomic mass is 9.92. The zero-order valence-electron chi connectivity index (χ0n) is 12.5. The van der Waals surface area contributed by atoms with E-state index in [1.54, 1.807) is 12.3 Å². The van der Waals surface area contributed by atoms with Gasteiger partial charge in [0, 0.05) is 18.8 Å². The Morgan fingerprint density at radius 3 is 2.67 bits per heavy atom. The van der Waals surface area contributed by atoms with E-state index in [2.05, 4.69) is 22.2 Å². The van der Waals surface area contributed by atoms with E-state index in [9.17, 15) is 0 Å². The van der Waals surface area contributed by atoms with Crippen molar-refractivity contribution in [3.8, 4) is 5.88 Å². The predicted octanol–water partition coefficient (Wildman–Crippen LogP) is 2.55. The fourth-order valence-electron chi connectivity index (χ4n) is 1.98. The van der Waals surface area contributed by atoms with E-state index in [0.29, 0.717) is 25.0 Å². The highest BCUT2D eigenvalue weighted by atomic mass is 16.5. The Labute approximate surface area is 125 Å². The average molecular weight is 286 g/mol. The van der Waals surface area contributed by atoms with Gasteiger partial charge in [-0.2, -0.15) is 4.98 Å². The molecule has 2 rings (SSSR count). The Bertz CT molecular complexity index is 561. The van der Waals surface area contributed by atoms with Crippen LogP contribution in [-0.2, 0) is 5.54 Å². The maximum Gasteiger partial charge on any atom is 0.226 e. The summed E-state index contributed by atoms with van der Waals surface area (Å²) in [6, 6.07) is 11.8. The topological polar surface area (TPSA) is 73.1 Å². The van der Waals surface area contributed by atoms with Crippen molar-refractivity contribution >= 4 is 5.95 Å². The van der Waals surface area contributed by atoms with Crippen molar-refractivity contribution in [2.75, 3.05) is 18.5 Å². The molecule has 3 N–H and O–H groups in total. The Balaban J connectivity index is 2.18. The largest absolute Gasteiger partial charge is 0.478 e. The van der Waals surface area contributed by atoms with Crippen LogP contribution in [0, 0.1) is 0 Å². The zero-order chi connectivity index (χ0) is 15.1. The van der Waals surface area contributed by atoms with E-state index in [0.717, 1.165) is 12.0 Å². The summed E-state index contributed by atoms with van der Waals surface area (Å²) < 4.78 is 5.53. The molecule has 0 radical (unpaired) electrons. The molecule has 0 fully saturated rings. The van der Waals surface area contributed by atoms with Gasteiger partial charge in [0.15, 0.2) is 0 Å². The number of hydrogen-bond donors (Lipinski definition) is 2. The maximum atomic E-state index is 5.96. The third-order valence-corrected chi connectivity index (χ3v) is 3.29. The molecule has 1 heterocycles. The lowest BCUT2D eigenvalue weighted by Gasteiger charge is -2.30. The highest BCUT2D eigenvalue weighted by molar-refractivity contribution is 5.38. The number of hydrogen-bond acceptors (Lipinski definition) is 5. The minimum atomic E-state index is -0.426. The Morgan fingerprint density at radius 1 is 1.24 bits per heavy atom. The quantitative estimate of drug-likeness (QED) is 0.818. The van der Waals surface area contributed by atoms with Gasteiger partial charge in [0.05, 0.1) is 12.1 Å². The highest BCUT2D eigenvalue weighted by Crippen LogP contribution is 2.24. The molecule has 1 aromatic carbocycles. The summed E-state index contributed by atoms with van der Waals surface area (Å²) in [6.45, 7) is 5.16. The van der Waals surface area contributed by atoms with Gasteiger partial charge in [-0.15, -0.1) is 0 Å². The minimum absolute atomic E-state index is 0.426. The van der Waals surface area contributed by atoms with Crippen LogP contribution in [0.2, 0.25) is 0 Å². The van der Waals surface area contributed by atoms with Gasteiger partial charge in [-0.3, -0.25) is 0 Å². The number of nitrogens with zero attached hydrogens (tertiary/aromatic N) is 2. The van der Waals surface area contributed by atoms with Gasteiger partial charge < -0.3 is 15.8 Å². The molecule has 0 amide bonds. The van der Waals surface area contributed by atoms with Gasteiger partial charge >= 0.3 is 0 Å². The van der Waals surface area contributed by atoms with E-state index >= 15 is 0 Å². The lowest BCUT2D eigenvalue weighted by Crippen LogP contribution is -2.40. The molecular formula is C16H22N4O.